The van der Waals surface area contributed by atoms with Crippen LogP contribution in [0.4, 0.5) is 0 Å². The second kappa shape index (κ2) is 12.3. The summed E-state index contributed by atoms with van der Waals surface area (Å²) in [6, 6.07) is 14.6. The van der Waals surface area contributed by atoms with Crippen molar-refractivity contribution in [1.82, 2.24) is 10.6 Å². The van der Waals surface area contributed by atoms with Crippen LogP contribution in [0.3, 0.4) is 0 Å². The molecule has 8 heteroatoms. The maximum absolute atomic E-state index is 13.0. The van der Waals surface area contributed by atoms with Crippen LogP contribution in [0.5, 0.6) is 0 Å². The Kier molecular flexibility index (Phi) is 10.0. The van der Waals surface area contributed by atoms with Crippen molar-refractivity contribution in [2.45, 2.75) is 64.0 Å². The molecule has 2 amide bonds. The Hall–Kier alpha value is -2.71. The summed E-state index contributed by atoms with van der Waals surface area (Å²) in [6.45, 7) is 8.63. The smallest absolute Gasteiger partial charge is 0.251 e. The molecule has 0 fully saturated rings. The van der Waals surface area contributed by atoms with Crippen molar-refractivity contribution in [1.29, 1.82) is 0 Å². The minimum atomic E-state index is -3.47. The fraction of sp³-hybridized carbons (Fsp3) is 0.481. The van der Waals surface area contributed by atoms with Crippen LogP contribution in [-0.4, -0.2) is 50.3 Å². The van der Waals surface area contributed by atoms with E-state index < -0.39 is 33.8 Å². The molecule has 192 valence electrons. The van der Waals surface area contributed by atoms with Crippen LogP contribution >= 0.6 is 0 Å². The quantitative estimate of drug-likeness (QED) is 0.436. The Balaban J connectivity index is 2.13. The van der Waals surface area contributed by atoms with Gasteiger partial charge in [-0.15, -0.1) is 0 Å². The monoisotopic (exact) mass is 502 g/mol. The number of aliphatic hydroxyl groups is 1. The SMILES string of the molecule is C[C@H](C[C@H](O)[C@H](Cc1ccccc1)NC(=O)c1cccc(S(C)(=O)=O)c1)C(=O)NCCC(C)(C)C. The van der Waals surface area contributed by atoms with E-state index in [0.29, 0.717) is 13.0 Å². The van der Waals surface area contributed by atoms with Gasteiger partial charge in [-0.05, 0) is 48.4 Å². The molecular formula is C27H38N2O5S. The number of amides is 2. The van der Waals surface area contributed by atoms with Gasteiger partial charge in [0.15, 0.2) is 9.84 Å². The Bertz CT molecular complexity index is 1090. The number of aliphatic hydroxyl groups excluding tert-OH is 1. The minimum Gasteiger partial charge on any atom is -0.391 e. The molecule has 0 heterocycles. The molecule has 2 aromatic rings. The van der Waals surface area contributed by atoms with E-state index in [1.165, 1.54) is 24.3 Å². The lowest BCUT2D eigenvalue weighted by Gasteiger charge is -2.27. The molecule has 7 nitrogen and oxygen atoms in total. The molecule has 0 radical (unpaired) electrons. The number of carbonyl (C=O) groups excluding carboxylic acids is 2. The van der Waals surface area contributed by atoms with E-state index in [2.05, 4.69) is 31.4 Å². The standard InChI is InChI=1S/C27H38N2O5S/c1-19(25(31)28-15-14-27(2,3)4)16-24(30)23(17-20-10-7-6-8-11-20)29-26(32)21-12-9-13-22(18-21)35(5,33)34/h6-13,18-19,23-24,30H,14-17H2,1-5H3,(H,28,31)(H,29,32)/t19-,23+,24+/m1/s1. The van der Waals surface area contributed by atoms with Crippen LogP contribution in [0.25, 0.3) is 0 Å². The van der Waals surface area contributed by atoms with Gasteiger partial charge < -0.3 is 15.7 Å². The summed E-state index contributed by atoms with van der Waals surface area (Å²) in [6.07, 6.45) is 1.47. The van der Waals surface area contributed by atoms with Crippen LogP contribution in [0, 0.1) is 11.3 Å². The zero-order valence-electron chi connectivity index (χ0n) is 21.2. The van der Waals surface area contributed by atoms with Crippen LogP contribution in [-0.2, 0) is 21.1 Å². The lowest BCUT2D eigenvalue weighted by molar-refractivity contribution is -0.125. The Morgan fingerprint density at radius 1 is 1.03 bits per heavy atom. The number of nitrogens with one attached hydrogen (secondary N) is 2. The second-order valence-corrected chi connectivity index (χ2v) is 12.4. The predicted octanol–water partition coefficient (Wildman–Crippen LogP) is 3.37. The maximum atomic E-state index is 13.0. The highest BCUT2D eigenvalue weighted by molar-refractivity contribution is 7.90. The first-order valence-electron chi connectivity index (χ1n) is 11.9. The van der Waals surface area contributed by atoms with E-state index in [-0.39, 0.29) is 28.2 Å². The molecular weight excluding hydrogens is 464 g/mol. The summed E-state index contributed by atoms with van der Waals surface area (Å²) < 4.78 is 23.8. The first kappa shape index (κ1) is 28.5. The van der Waals surface area contributed by atoms with Crippen molar-refractivity contribution in [3.8, 4) is 0 Å². The highest BCUT2D eigenvalue weighted by Gasteiger charge is 2.27. The van der Waals surface area contributed by atoms with Gasteiger partial charge >= 0.3 is 0 Å². The van der Waals surface area contributed by atoms with Crippen molar-refractivity contribution in [2.24, 2.45) is 11.3 Å². The van der Waals surface area contributed by atoms with Crippen LogP contribution in [0.2, 0.25) is 0 Å². The van der Waals surface area contributed by atoms with Crippen molar-refractivity contribution >= 4 is 21.7 Å². The molecule has 3 atom stereocenters. The summed E-state index contributed by atoms with van der Waals surface area (Å²) in [5, 5.41) is 16.8. The van der Waals surface area contributed by atoms with Gasteiger partial charge in [0.05, 0.1) is 17.0 Å². The summed E-state index contributed by atoms with van der Waals surface area (Å²) >= 11 is 0. The highest BCUT2D eigenvalue weighted by Crippen LogP contribution is 2.18. The molecule has 2 aromatic carbocycles. The van der Waals surface area contributed by atoms with Gasteiger partial charge in [0.2, 0.25) is 5.91 Å². The number of sulfone groups is 1. The third kappa shape index (κ3) is 9.82. The lowest BCUT2D eigenvalue weighted by Crippen LogP contribution is -2.46. The van der Waals surface area contributed by atoms with Crippen LogP contribution in [0.1, 0.15) is 56.5 Å². The Morgan fingerprint density at radius 3 is 2.29 bits per heavy atom. The minimum absolute atomic E-state index is 0.0471. The lowest BCUT2D eigenvalue weighted by atomic mass is 9.91. The van der Waals surface area contributed by atoms with E-state index in [0.717, 1.165) is 18.2 Å². The van der Waals surface area contributed by atoms with Crippen molar-refractivity contribution < 1.29 is 23.1 Å². The third-order valence-electron chi connectivity index (χ3n) is 5.82. The molecule has 0 aliphatic carbocycles. The van der Waals surface area contributed by atoms with Gasteiger partial charge in [-0.1, -0.05) is 64.1 Å². The van der Waals surface area contributed by atoms with Gasteiger partial charge in [0.1, 0.15) is 0 Å². The zero-order valence-corrected chi connectivity index (χ0v) is 22.1. The van der Waals surface area contributed by atoms with Crippen molar-refractivity contribution in [3.05, 3.63) is 65.7 Å². The van der Waals surface area contributed by atoms with Gasteiger partial charge in [0.25, 0.3) is 5.91 Å². The summed E-state index contributed by atoms with van der Waals surface area (Å²) in [4.78, 5) is 25.6. The summed E-state index contributed by atoms with van der Waals surface area (Å²) in [5.41, 5.74) is 1.21. The molecule has 0 aliphatic rings. The third-order valence-corrected chi connectivity index (χ3v) is 6.93. The zero-order chi connectivity index (χ0) is 26.2. The normalized spacial score (nSPS) is 14.6. The topological polar surface area (TPSA) is 113 Å². The molecule has 0 unspecified atom stereocenters. The van der Waals surface area contributed by atoms with E-state index in [1.807, 2.05) is 30.3 Å². The van der Waals surface area contributed by atoms with Gasteiger partial charge in [0, 0.05) is 24.3 Å². The molecule has 0 bridgehead atoms. The summed E-state index contributed by atoms with van der Waals surface area (Å²) in [7, 11) is -3.47. The molecule has 0 saturated heterocycles. The van der Waals surface area contributed by atoms with E-state index in [4.69, 9.17) is 0 Å². The fourth-order valence-electron chi connectivity index (χ4n) is 3.64. The molecule has 35 heavy (non-hydrogen) atoms. The number of benzene rings is 2. The first-order chi connectivity index (χ1) is 16.3. The number of hydrogen-bond donors (Lipinski definition) is 3. The molecule has 0 aliphatic heterocycles. The average Bonchev–Trinajstić information content (AvgIpc) is 2.77. The molecule has 3 N–H and O–H groups in total. The van der Waals surface area contributed by atoms with Crippen molar-refractivity contribution in [2.75, 3.05) is 12.8 Å². The van der Waals surface area contributed by atoms with Gasteiger partial charge in [-0.25, -0.2) is 8.42 Å². The Labute approximate surface area is 209 Å². The largest absolute Gasteiger partial charge is 0.391 e. The average molecular weight is 503 g/mol. The van der Waals surface area contributed by atoms with E-state index >= 15 is 0 Å². The van der Waals surface area contributed by atoms with Gasteiger partial charge in [-0.3, -0.25) is 9.59 Å². The molecule has 2 rings (SSSR count). The molecule has 0 saturated carbocycles. The van der Waals surface area contributed by atoms with Crippen LogP contribution < -0.4 is 10.6 Å². The summed E-state index contributed by atoms with van der Waals surface area (Å²) in [5.74, 6) is -1.08. The fourth-order valence-corrected chi connectivity index (χ4v) is 4.31. The van der Waals surface area contributed by atoms with E-state index in [1.54, 1.807) is 6.92 Å². The predicted molar refractivity (Wildman–Crippen MR) is 138 cm³/mol. The second-order valence-electron chi connectivity index (χ2n) is 10.4. The highest BCUT2D eigenvalue weighted by atomic mass is 32.2. The van der Waals surface area contributed by atoms with E-state index in [9.17, 15) is 23.1 Å². The number of hydrogen-bond acceptors (Lipinski definition) is 5. The van der Waals surface area contributed by atoms with Crippen LogP contribution in [0.15, 0.2) is 59.5 Å². The van der Waals surface area contributed by atoms with Crippen molar-refractivity contribution in [3.63, 3.8) is 0 Å². The van der Waals surface area contributed by atoms with Gasteiger partial charge in [-0.2, -0.15) is 0 Å². The number of carbonyl (C=O) groups is 2. The molecule has 0 aromatic heterocycles. The molecule has 0 spiro atoms. The number of rotatable bonds is 11. The first-order valence-corrected chi connectivity index (χ1v) is 13.8. The maximum Gasteiger partial charge on any atom is 0.251 e. The Morgan fingerprint density at radius 2 is 1.69 bits per heavy atom.